The molecule has 0 atom stereocenters. The maximum Gasteiger partial charge on any atom is 0.162 e. The summed E-state index contributed by atoms with van der Waals surface area (Å²) in [5.74, 6) is 0.130. The normalized spacial score (nSPS) is 10.1. The fourth-order valence-electron chi connectivity index (χ4n) is 1.80. The summed E-state index contributed by atoms with van der Waals surface area (Å²) in [5.41, 5.74) is 5.42. The van der Waals surface area contributed by atoms with Gasteiger partial charge in [-0.3, -0.25) is 4.79 Å². The number of rotatable bonds is 3. The van der Waals surface area contributed by atoms with E-state index in [4.69, 9.17) is 0 Å². The Morgan fingerprint density at radius 1 is 1.20 bits per heavy atom. The third-order valence-corrected chi connectivity index (χ3v) is 2.65. The molecule has 1 nitrogen and oxygen atoms in total. The molecule has 0 saturated heterocycles. The van der Waals surface area contributed by atoms with Crippen molar-refractivity contribution >= 4 is 5.78 Å². The van der Waals surface area contributed by atoms with Crippen LogP contribution in [0.25, 0.3) is 0 Å². The summed E-state index contributed by atoms with van der Waals surface area (Å²) in [6, 6.07) is 4.24. The SMILES string of the molecule is C=C(C)C(=O)Cc1c(C)cc(C)cc1C. The van der Waals surface area contributed by atoms with Gasteiger partial charge in [0, 0.05) is 6.42 Å². The van der Waals surface area contributed by atoms with Crippen molar-refractivity contribution in [2.45, 2.75) is 34.1 Å². The number of benzene rings is 1. The standard InChI is InChI=1S/C14H18O/c1-9(2)14(15)8-13-11(4)6-10(3)7-12(13)5/h6-7H,1,8H2,2-5H3. The van der Waals surface area contributed by atoms with Gasteiger partial charge in [-0.1, -0.05) is 24.3 Å². The second-order valence-electron chi connectivity index (χ2n) is 4.26. The molecule has 0 aliphatic carbocycles. The molecule has 1 rings (SSSR count). The van der Waals surface area contributed by atoms with Crippen molar-refractivity contribution in [3.05, 3.63) is 46.5 Å². The number of aryl methyl sites for hydroxylation is 3. The van der Waals surface area contributed by atoms with E-state index in [1.165, 1.54) is 16.7 Å². The van der Waals surface area contributed by atoms with Gasteiger partial charge in [-0.25, -0.2) is 0 Å². The number of ketones is 1. The zero-order valence-electron chi connectivity index (χ0n) is 9.98. The molecular weight excluding hydrogens is 184 g/mol. The fraction of sp³-hybridized carbons (Fsp3) is 0.357. The van der Waals surface area contributed by atoms with Crippen molar-refractivity contribution in [1.29, 1.82) is 0 Å². The lowest BCUT2D eigenvalue weighted by Crippen LogP contribution is -2.06. The highest BCUT2D eigenvalue weighted by Gasteiger charge is 2.09. The topological polar surface area (TPSA) is 17.1 Å². The van der Waals surface area contributed by atoms with Crippen LogP contribution >= 0.6 is 0 Å². The molecule has 0 aliphatic rings. The molecule has 0 saturated carbocycles. The largest absolute Gasteiger partial charge is 0.294 e. The van der Waals surface area contributed by atoms with Crippen LogP contribution in [0.15, 0.2) is 24.3 Å². The van der Waals surface area contributed by atoms with Gasteiger partial charge in [-0.15, -0.1) is 0 Å². The quantitative estimate of drug-likeness (QED) is 0.687. The maximum atomic E-state index is 11.6. The molecule has 0 aromatic heterocycles. The van der Waals surface area contributed by atoms with Gasteiger partial charge in [0.15, 0.2) is 5.78 Å². The molecule has 0 spiro atoms. The molecule has 0 radical (unpaired) electrons. The molecule has 0 heterocycles. The molecule has 0 amide bonds. The molecular formula is C14H18O. The van der Waals surface area contributed by atoms with Gasteiger partial charge in [0.1, 0.15) is 0 Å². The first kappa shape index (κ1) is 11.7. The zero-order chi connectivity index (χ0) is 11.6. The summed E-state index contributed by atoms with van der Waals surface area (Å²) >= 11 is 0. The number of Topliss-reactive ketones (excluding diaryl/α,β-unsaturated/α-hetero) is 1. The summed E-state index contributed by atoms with van der Waals surface area (Å²) in [5, 5.41) is 0. The van der Waals surface area contributed by atoms with Gasteiger partial charge in [0.2, 0.25) is 0 Å². The Balaban J connectivity index is 3.05. The lowest BCUT2D eigenvalue weighted by molar-refractivity contribution is -0.114. The predicted octanol–water partition coefficient (Wildman–Crippen LogP) is 3.30. The zero-order valence-corrected chi connectivity index (χ0v) is 9.98. The number of carbonyl (C=O) groups excluding carboxylic acids is 1. The maximum absolute atomic E-state index is 11.6. The van der Waals surface area contributed by atoms with Gasteiger partial charge in [0.05, 0.1) is 0 Å². The summed E-state index contributed by atoms with van der Waals surface area (Å²) in [6.07, 6.45) is 0.479. The second kappa shape index (κ2) is 4.43. The molecule has 0 unspecified atom stereocenters. The highest BCUT2D eigenvalue weighted by atomic mass is 16.1. The van der Waals surface area contributed by atoms with E-state index < -0.39 is 0 Å². The van der Waals surface area contributed by atoms with Crippen LogP contribution in [-0.4, -0.2) is 5.78 Å². The van der Waals surface area contributed by atoms with Crippen LogP contribution in [0, 0.1) is 20.8 Å². The van der Waals surface area contributed by atoms with E-state index in [1.54, 1.807) is 6.92 Å². The Labute approximate surface area is 91.8 Å². The van der Waals surface area contributed by atoms with Gasteiger partial charge >= 0.3 is 0 Å². The summed E-state index contributed by atoms with van der Waals surface area (Å²) in [7, 11) is 0. The van der Waals surface area contributed by atoms with Crippen molar-refractivity contribution < 1.29 is 4.79 Å². The Hall–Kier alpha value is -1.37. The Kier molecular flexibility index (Phi) is 3.46. The number of hydrogen-bond acceptors (Lipinski definition) is 1. The lowest BCUT2D eigenvalue weighted by atomic mass is 9.94. The van der Waals surface area contributed by atoms with Crippen molar-refractivity contribution in [2.75, 3.05) is 0 Å². The van der Waals surface area contributed by atoms with E-state index in [0.29, 0.717) is 12.0 Å². The second-order valence-corrected chi connectivity index (χ2v) is 4.26. The average Bonchev–Trinajstić information content (AvgIpc) is 2.10. The molecule has 1 aromatic rings. The first-order valence-electron chi connectivity index (χ1n) is 5.17. The molecule has 1 aromatic carbocycles. The molecule has 0 fully saturated rings. The Morgan fingerprint density at radius 3 is 2.07 bits per heavy atom. The Bertz CT molecular complexity index is 390. The number of allylic oxidation sites excluding steroid dienone is 1. The predicted molar refractivity (Wildman–Crippen MR) is 64.2 cm³/mol. The molecule has 0 bridgehead atoms. The van der Waals surface area contributed by atoms with Gasteiger partial charge in [-0.2, -0.15) is 0 Å². The van der Waals surface area contributed by atoms with Gasteiger partial charge in [-0.05, 0) is 50.0 Å². The van der Waals surface area contributed by atoms with E-state index in [0.717, 1.165) is 5.56 Å². The first-order chi connectivity index (χ1) is 6.91. The van der Waals surface area contributed by atoms with Gasteiger partial charge < -0.3 is 0 Å². The molecule has 15 heavy (non-hydrogen) atoms. The number of carbonyl (C=O) groups is 1. The fourth-order valence-corrected chi connectivity index (χ4v) is 1.80. The minimum Gasteiger partial charge on any atom is -0.294 e. The molecule has 80 valence electrons. The summed E-state index contributed by atoms with van der Waals surface area (Å²) in [6.45, 7) is 11.6. The van der Waals surface area contributed by atoms with Crippen LogP contribution in [0.4, 0.5) is 0 Å². The molecule has 0 aliphatic heterocycles. The summed E-state index contributed by atoms with van der Waals surface area (Å²) < 4.78 is 0. The van der Waals surface area contributed by atoms with E-state index in [1.807, 2.05) is 0 Å². The molecule has 0 N–H and O–H groups in total. The average molecular weight is 202 g/mol. The van der Waals surface area contributed by atoms with E-state index >= 15 is 0 Å². The smallest absolute Gasteiger partial charge is 0.162 e. The monoisotopic (exact) mass is 202 g/mol. The van der Waals surface area contributed by atoms with Crippen LogP contribution in [0.5, 0.6) is 0 Å². The van der Waals surface area contributed by atoms with Crippen molar-refractivity contribution in [3.8, 4) is 0 Å². The van der Waals surface area contributed by atoms with Crippen LogP contribution in [0.2, 0.25) is 0 Å². The third-order valence-electron chi connectivity index (χ3n) is 2.65. The highest BCUT2D eigenvalue weighted by molar-refractivity contribution is 5.96. The van der Waals surface area contributed by atoms with Crippen molar-refractivity contribution in [3.63, 3.8) is 0 Å². The van der Waals surface area contributed by atoms with Crippen LogP contribution in [-0.2, 0) is 11.2 Å². The highest BCUT2D eigenvalue weighted by Crippen LogP contribution is 2.18. The van der Waals surface area contributed by atoms with Crippen LogP contribution < -0.4 is 0 Å². The molecule has 1 heteroatoms. The van der Waals surface area contributed by atoms with Crippen LogP contribution in [0.1, 0.15) is 29.2 Å². The van der Waals surface area contributed by atoms with E-state index in [9.17, 15) is 4.79 Å². The van der Waals surface area contributed by atoms with E-state index in [-0.39, 0.29) is 5.78 Å². The Morgan fingerprint density at radius 2 is 1.67 bits per heavy atom. The summed E-state index contributed by atoms with van der Waals surface area (Å²) in [4.78, 5) is 11.6. The lowest BCUT2D eigenvalue weighted by Gasteiger charge is -2.10. The van der Waals surface area contributed by atoms with Crippen LogP contribution in [0.3, 0.4) is 0 Å². The third kappa shape index (κ3) is 2.79. The number of hydrogen-bond donors (Lipinski definition) is 0. The van der Waals surface area contributed by atoms with Gasteiger partial charge in [0.25, 0.3) is 0 Å². The van der Waals surface area contributed by atoms with E-state index in [2.05, 4.69) is 39.5 Å². The minimum absolute atomic E-state index is 0.130. The minimum atomic E-state index is 0.130. The van der Waals surface area contributed by atoms with Crippen molar-refractivity contribution in [1.82, 2.24) is 0 Å². The van der Waals surface area contributed by atoms with Crippen molar-refractivity contribution in [2.24, 2.45) is 0 Å². The first-order valence-corrected chi connectivity index (χ1v) is 5.17.